The molecule has 35 heavy (non-hydrogen) atoms. The van der Waals surface area contributed by atoms with Crippen molar-refractivity contribution in [3.8, 4) is 11.5 Å². The van der Waals surface area contributed by atoms with Crippen molar-refractivity contribution in [3.63, 3.8) is 0 Å². The van der Waals surface area contributed by atoms with Gasteiger partial charge in [0.25, 0.3) is 0 Å². The van der Waals surface area contributed by atoms with E-state index in [2.05, 4.69) is 4.99 Å². The standard InChI is InChI=1S/C23H27NO7.2C2H6/c1-23(22(26)30-15-17-6-4-3-5-7-17)16-31-21(24-23)19-9-8-18(14-20(19)25)29-13-12-28-11-10-27-2;2*1-2/h3-9,14,25H,10-13,15-16H2,1-2H3;2*1-2H3. The number of carbonyl (C=O) groups excluding carboxylic acids is 1. The van der Waals surface area contributed by atoms with Crippen molar-refractivity contribution in [2.75, 3.05) is 40.1 Å². The molecule has 0 amide bonds. The van der Waals surface area contributed by atoms with Gasteiger partial charge in [-0.2, -0.15) is 0 Å². The Bertz CT molecular complexity index is 902. The second-order valence-electron chi connectivity index (χ2n) is 7.17. The summed E-state index contributed by atoms with van der Waals surface area (Å²) in [5.74, 6) is 0.129. The zero-order valence-electron chi connectivity index (χ0n) is 21.7. The molecule has 1 N–H and O–H groups in total. The van der Waals surface area contributed by atoms with Crippen LogP contribution in [-0.2, 0) is 30.3 Å². The van der Waals surface area contributed by atoms with E-state index in [1.165, 1.54) is 6.07 Å². The molecule has 1 unspecified atom stereocenters. The topological polar surface area (TPSA) is 95.8 Å². The predicted molar refractivity (Wildman–Crippen MR) is 136 cm³/mol. The van der Waals surface area contributed by atoms with Crippen LogP contribution >= 0.6 is 0 Å². The highest BCUT2D eigenvalue weighted by molar-refractivity contribution is 6.01. The Balaban J connectivity index is 0.00000145. The van der Waals surface area contributed by atoms with Crippen LogP contribution in [0.5, 0.6) is 11.5 Å². The summed E-state index contributed by atoms with van der Waals surface area (Å²) < 4.78 is 26.8. The van der Waals surface area contributed by atoms with E-state index in [1.807, 2.05) is 58.0 Å². The molecule has 1 aliphatic heterocycles. The monoisotopic (exact) mass is 489 g/mol. The van der Waals surface area contributed by atoms with Crippen LogP contribution < -0.4 is 4.74 Å². The SMILES string of the molecule is CC.CC.COCCOCCOc1ccc(C2=NC(C)(C(=O)OCc3ccccc3)CO2)c(O)c1. The second-order valence-corrected chi connectivity index (χ2v) is 7.17. The molecule has 1 aliphatic rings. The average Bonchev–Trinajstić information content (AvgIpc) is 3.30. The molecule has 0 bridgehead atoms. The third kappa shape index (κ3) is 9.58. The molecular formula is C27H39NO7. The Labute approximate surface area is 208 Å². The molecule has 0 saturated heterocycles. The molecule has 1 atom stereocenters. The maximum absolute atomic E-state index is 12.6. The Hall–Kier alpha value is -3.10. The zero-order valence-corrected chi connectivity index (χ0v) is 21.7. The first-order chi connectivity index (χ1) is 17.0. The van der Waals surface area contributed by atoms with Gasteiger partial charge in [0, 0.05) is 13.2 Å². The first-order valence-electron chi connectivity index (χ1n) is 12.0. The minimum atomic E-state index is -1.18. The number of nitrogens with zero attached hydrogens (tertiary/aromatic N) is 1. The number of hydrogen-bond acceptors (Lipinski definition) is 8. The van der Waals surface area contributed by atoms with Crippen molar-refractivity contribution in [1.29, 1.82) is 0 Å². The first-order valence-corrected chi connectivity index (χ1v) is 12.0. The summed E-state index contributed by atoms with van der Waals surface area (Å²) in [6.45, 7) is 11.6. The maximum Gasteiger partial charge on any atom is 0.337 e. The minimum absolute atomic E-state index is 0.0342. The summed E-state index contributed by atoms with van der Waals surface area (Å²) >= 11 is 0. The third-order valence-corrected chi connectivity index (χ3v) is 4.62. The molecule has 8 heteroatoms. The van der Waals surface area contributed by atoms with Gasteiger partial charge in [-0.25, -0.2) is 9.79 Å². The molecule has 0 aliphatic carbocycles. The van der Waals surface area contributed by atoms with E-state index in [-0.39, 0.29) is 24.9 Å². The highest BCUT2D eigenvalue weighted by Gasteiger charge is 2.41. The minimum Gasteiger partial charge on any atom is -0.507 e. The zero-order chi connectivity index (χ0) is 26.1. The lowest BCUT2D eigenvalue weighted by Gasteiger charge is -2.16. The number of aliphatic imine (C=N–C) groups is 1. The van der Waals surface area contributed by atoms with Gasteiger partial charge in [-0.05, 0) is 24.6 Å². The largest absolute Gasteiger partial charge is 0.507 e. The van der Waals surface area contributed by atoms with Crippen molar-refractivity contribution in [2.24, 2.45) is 4.99 Å². The molecule has 3 rings (SSSR count). The lowest BCUT2D eigenvalue weighted by molar-refractivity contribution is -0.151. The molecule has 0 radical (unpaired) electrons. The van der Waals surface area contributed by atoms with E-state index in [1.54, 1.807) is 26.2 Å². The van der Waals surface area contributed by atoms with Gasteiger partial charge in [0.1, 0.15) is 31.3 Å². The number of benzene rings is 2. The van der Waals surface area contributed by atoms with Crippen molar-refractivity contribution >= 4 is 11.9 Å². The quantitative estimate of drug-likeness (QED) is 0.359. The van der Waals surface area contributed by atoms with Crippen LogP contribution in [0.3, 0.4) is 0 Å². The van der Waals surface area contributed by atoms with Gasteiger partial charge in [0.15, 0.2) is 5.54 Å². The molecule has 0 spiro atoms. The van der Waals surface area contributed by atoms with Gasteiger partial charge in [-0.3, -0.25) is 0 Å². The molecule has 0 fully saturated rings. The number of esters is 1. The summed E-state index contributed by atoms with van der Waals surface area (Å²) in [5, 5.41) is 10.4. The van der Waals surface area contributed by atoms with E-state index >= 15 is 0 Å². The van der Waals surface area contributed by atoms with Crippen LogP contribution in [0.4, 0.5) is 0 Å². The smallest absolute Gasteiger partial charge is 0.337 e. The van der Waals surface area contributed by atoms with Gasteiger partial charge in [0.2, 0.25) is 5.90 Å². The molecule has 194 valence electrons. The molecule has 8 nitrogen and oxygen atoms in total. The maximum atomic E-state index is 12.6. The summed E-state index contributed by atoms with van der Waals surface area (Å²) in [4.78, 5) is 16.9. The van der Waals surface area contributed by atoms with Gasteiger partial charge < -0.3 is 28.8 Å². The van der Waals surface area contributed by atoms with E-state index < -0.39 is 11.5 Å². The highest BCUT2D eigenvalue weighted by atomic mass is 16.5. The van der Waals surface area contributed by atoms with Crippen molar-refractivity contribution < 1.29 is 33.6 Å². The van der Waals surface area contributed by atoms with E-state index in [0.717, 1.165) is 5.56 Å². The van der Waals surface area contributed by atoms with E-state index in [4.69, 9.17) is 23.7 Å². The van der Waals surface area contributed by atoms with Crippen molar-refractivity contribution in [1.82, 2.24) is 0 Å². The van der Waals surface area contributed by atoms with Crippen LogP contribution in [-0.4, -0.2) is 62.7 Å². The lowest BCUT2D eigenvalue weighted by atomic mass is 10.1. The molecular weight excluding hydrogens is 450 g/mol. The Morgan fingerprint density at radius 1 is 1.03 bits per heavy atom. The highest BCUT2D eigenvalue weighted by Crippen LogP contribution is 2.30. The fourth-order valence-corrected chi connectivity index (χ4v) is 2.86. The summed E-state index contributed by atoms with van der Waals surface area (Å²) in [5.41, 5.74) is 0.0915. The fourth-order valence-electron chi connectivity index (χ4n) is 2.86. The Morgan fingerprint density at radius 2 is 1.71 bits per heavy atom. The molecule has 2 aromatic carbocycles. The number of ether oxygens (including phenoxy) is 5. The normalized spacial score (nSPS) is 16.0. The van der Waals surface area contributed by atoms with Crippen LogP contribution in [0.2, 0.25) is 0 Å². The van der Waals surface area contributed by atoms with Crippen molar-refractivity contribution in [2.45, 2.75) is 46.8 Å². The first kappa shape index (κ1) is 29.9. The van der Waals surface area contributed by atoms with Crippen LogP contribution in [0.25, 0.3) is 0 Å². The van der Waals surface area contributed by atoms with Crippen LogP contribution in [0.15, 0.2) is 53.5 Å². The van der Waals surface area contributed by atoms with Gasteiger partial charge in [-0.15, -0.1) is 0 Å². The van der Waals surface area contributed by atoms with Crippen molar-refractivity contribution in [3.05, 3.63) is 59.7 Å². The van der Waals surface area contributed by atoms with E-state index in [9.17, 15) is 9.90 Å². The third-order valence-electron chi connectivity index (χ3n) is 4.62. The number of rotatable bonds is 11. The fraction of sp³-hybridized carbons (Fsp3) is 0.481. The molecule has 0 aromatic heterocycles. The van der Waals surface area contributed by atoms with Gasteiger partial charge in [0.05, 0.1) is 25.4 Å². The van der Waals surface area contributed by atoms with E-state index in [0.29, 0.717) is 37.7 Å². The predicted octanol–water partition coefficient (Wildman–Crippen LogP) is 4.77. The Morgan fingerprint density at radius 3 is 2.37 bits per heavy atom. The van der Waals surface area contributed by atoms with Crippen LogP contribution in [0.1, 0.15) is 45.7 Å². The number of aromatic hydroxyl groups is 1. The van der Waals surface area contributed by atoms with Gasteiger partial charge in [-0.1, -0.05) is 58.0 Å². The second kappa shape index (κ2) is 16.5. The van der Waals surface area contributed by atoms with Gasteiger partial charge >= 0.3 is 5.97 Å². The summed E-state index contributed by atoms with van der Waals surface area (Å²) in [7, 11) is 1.61. The average molecular weight is 490 g/mol. The number of phenolic OH excluding ortho intramolecular Hbond substituents is 1. The summed E-state index contributed by atoms with van der Waals surface area (Å²) in [6, 6.07) is 14.2. The molecule has 2 aromatic rings. The number of carbonyl (C=O) groups is 1. The number of phenols is 1. The summed E-state index contributed by atoms with van der Waals surface area (Å²) in [6.07, 6.45) is 0. The lowest BCUT2D eigenvalue weighted by Crippen LogP contribution is -2.36. The number of methoxy groups -OCH3 is 1. The Kier molecular flexibility index (Phi) is 14.1. The number of hydrogen-bond donors (Lipinski definition) is 1. The molecule has 0 saturated carbocycles. The van der Waals surface area contributed by atoms with Crippen LogP contribution in [0, 0.1) is 0 Å². The molecule has 1 heterocycles.